The molecule has 3 aliphatic carbocycles. The zero-order valence-corrected chi connectivity index (χ0v) is 20.0. The first kappa shape index (κ1) is 24.7. The minimum Gasteiger partial charge on any atom is -0.510 e. The average molecular weight is 488 g/mol. The van der Waals surface area contributed by atoms with Crippen molar-refractivity contribution in [2.24, 2.45) is 17.6 Å². The highest BCUT2D eigenvalue weighted by Gasteiger charge is 2.67. The number of ketones is 2. The van der Waals surface area contributed by atoms with Gasteiger partial charge < -0.3 is 36.2 Å². The van der Waals surface area contributed by atoms with Crippen molar-refractivity contribution in [3.8, 4) is 5.75 Å². The Morgan fingerprint density at radius 2 is 1.69 bits per heavy atom. The third kappa shape index (κ3) is 2.98. The summed E-state index contributed by atoms with van der Waals surface area (Å²) in [5.41, 5.74) is 1.96. The Hall–Kier alpha value is -3.41. The lowest BCUT2D eigenvalue weighted by atomic mass is 9.55. The van der Waals surface area contributed by atoms with E-state index in [1.54, 1.807) is 32.0 Å². The van der Waals surface area contributed by atoms with E-state index >= 15 is 0 Å². The Morgan fingerprint density at radius 3 is 2.20 bits per heavy atom. The number of phenolic OH excluding ortho intramolecular Hbond substituents is 1. The summed E-state index contributed by atoms with van der Waals surface area (Å²) in [5, 5.41) is 56.0. The smallest absolute Gasteiger partial charge is 0.255 e. The molecule has 1 aromatic rings. The third-order valence-corrected chi connectivity index (χ3v) is 7.57. The van der Waals surface area contributed by atoms with E-state index in [0.717, 1.165) is 0 Å². The summed E-state index contributed by atoms with van der Waals surface area (Å²) >= 11 is 0. The highest BCUT2D eigenvalue weighted by atomic mass is 16.4. The van der Waals surface area contributed by atoms with Crippen LogP contribution in [0, 0.1) is 11.8 Å². The van der Waals surface area contributed by atoms with Gasteiger partial charge in [0, 0.05) is 31.3 Å². The predicted molar refractivity (Wildman–Crippen MR) is 124 cm³/mol. The number of amides is 1. The number of hydrogen-bond donors (Lipinski definition) is 6. The number of fused-ring (bicyclic) bond motifs is 3. The fourth-order valence-electron chi connectivity index (χ4n) is 6.07. The van der Waals surface area contributed by atoms with Gasteiger partial charge in [0.2, 0.25) is 5.78 Å². The highest BCUT2D eigenvalue weighted by Crippen LogP contribution is 2.56. The quantitative estimate of drug-likeness (QED) is 0.310. The van der Waals surface area contributed by atoms with E-state index < -0.39 is 75.6 Å². The van der Waals surface area contributed by atoms with Crippen LogP contribution in [0.4, 0.5) is 5.69 Å². The number of hydrogen-bond acceptors (Lipinski definition) is 10. The second-order valence-corrected chi connectivity index (χ2v) is 9.84. The molecular weight excluding hydrogens is 458 g/mol. The molecule has 11 nitrogen and oxygen atoms in total. The Bertz CT molecular complexity index is 1230. The summed E-state index contributed by atoms with van der Waals surface area (Å²) in [7, 11) is 6.48. The van der Waals surface area contributed by atoms with E-state index in [-0.39, 0.29) is 11.3 Å². The topological polar surface area (TPSA) is 185 Å². The van der Waals surface area contributed by atoms with Crippen molar-refractivity contribution < 1.29 is 39.9 Å². The summed E-state index contributed by atoms with van der Waals surface area (Å²) in [5.74, 6) is -9.03. The Balaban J connectivity index is 2.08. The normalized spacial score (nSPS) is 32.4. The Kier molecular flexibility index (Phi) is 5.51. The molecule has 0 heterocycles. The molecule has 35 heavy (non-hydrogen) atoms. The van der Waals surface area contributed by atoms with Crippen LogP contribution in [0.2, 0.25) is 0 Å². The summed E-state index contributed by atoms with van der Waals surface area (Å²) in [6.45, 7) is 1.70. The second-order valence-electron chi connectivity index (χ2n) is 9.84. The van der Waals surface area contributed by atoms with Gasteiger partial charge in [-0.2, -0.15) is 0 Å². The van der Waals surface area contributed by atoms with E-state index in [1.165, 1.54) is 25.1 Å². The Morgan fingerprint density at radius 1 is 1.09 bits per heavy atom. The van der Waals surface area contributed by atoms with Crippen molar-refractivity contribution >= 4 is 23.2 Å². The fraction of sp³-hybridized carbons (Fsp3) is 0.458. The van der Waals surface area contributed by atoms with Gasteiger partial charge in [-0.3, -0.25) is 19.3 Å². The van der Waals surface area contributed by atoms with Crippen LogP contribution >= 0.6 is 0 Å². The number of carbonyl (C=O) groups excluding carboxylic acids is 3. The van der Waals surface area contributed by atoms with E-state index in [1.807, 2.05) is 0 Å². The maximum atomic E-state index is 13.7. The second kappa shape index (κ2) is 7.80. The number of benzene rings is 1. The van der Waals surface area contributed by atoms with Crippen molar-refractivity contribution in [2.75, 3.05) is 33.1 Å². The maximum Gasteiger partial charge on any atom is 0.255 e. The number of carbonyl (C=O) groups is 3. The van der Waals surface area contributed by atoms with Gasteiger partial charge in [0.1, 0.15) is 22.8 Å². The van der Waals surface area contributed by atoms with E-state index in [0.29, 0.717) is 11.3 Å². The van der Waals surface area contributed by atoms with Crippen LogP contribution < -0.4 is 10.6 Å². The molecule has 6 atom stereocenters. The number of primary amides is 1. The van der Waals surface area contributed by atoms with Crippen LogP contribution in [0.1, 0.15) is 28.8 Å². The van der Waals surface area contributed by atoms with Crippen molar-refractivity contribution in [1.82, 2.24) is 4.90 Å². The molecule has 6 unspecified atom stereocenters. The molecule has 0 aromatic heterocycles. The van der Waals surface area contributed by atoms with Gasteiger partial charge in [0.25, 0.3) is 5.91 Å². The van der Waals surface area contributed by atoms with Crippen molar-refractivity contribution in [3.63, 3.8) is 0 Å². The van der Waals surface area contributed by atoms with Gasteiger partial charge in [-0.15, -0.1) is 0 Å². The molecule has 0 bridgehead atoms. The van der Waals surface area contributed by atoms with Crippen LogP contribution in [-0.4, -0.2) is 93.8 Å². The van der Waals surface area contributed by atoms with Gasteiger partial charge in [-0.25, -0.2) is 0 Å². The lowest BCUT2D eigenvalue weighted by Crippen LogP contribution is -2.68. The number of aliphatic hydroxyl groups is 4. The SMILES string of the molecule is CC1c2c(N(C)C)ccc(O)c2C(=O)C2=C(O)C3(O)C(=O)C(C(N)=O)=C(O)C(N(C)C)C3C(O)C21. The average Bonchev–Trinajstić information content (AvgIpc) is 2.75. The number of anilines is 1. The monoisotopic (exact) mass is 487 g/mol. The number of aromatic hydroxyl groups is 1. The van der Waals surface area contributed by atoms with Gasteiger partial charge in [-0.05, 0) is 37.7 Å². The van der Waals surface area contributed by atoms with Gasteiger partial charge in [-0.1, -0.05) is 6.92 Å². The van der Waals surface area contributed by atoms with E-state index in [9.17, 15) is 39.9 Å². The zero-order chi connectivity index (χ0) is 26.3. The Labute approximate surface area is 201 Å². The number of Topliss-reactive ketones (excluding diaryl/α,β-unsaturated/α-hetero) is 2. The number of rotatable bonds is 3. The maximum absolute atomic E-state index is 13.7. The lowest BCUT2D eigenvalue weighted by Gasteiger charge is -2.53. The van der Waals surface area contributed by atoms with Crippen molar-refractivity contribution in [1.29, 1.82) is 0 Å². The molecule has 1 aromatic carbocycles. The molecule has 11 heteroatoms. The molecule has 0 radical (unpaired) electrons. The fourth-order valence-corrected chi connectivity index (χ4v) is 6.07. The van der Waals surface area contributed by atoms with Crippen LogP contribution in [0.15, 0.2) is 34.8 Å². The molecule has 0 saturated carbocycles. The van der Waals surface area contributed by atoms with Crippen LogP contribution in [0.3, 0.4) is 0 Å². The molecule has 0 aliphatic heterocycles. The predicted octanol–water partition coefficient (Wildman–Crippen LogP) is -0.282. The molecule has 188 valence electrons. The van der Waals surface area contributed by atoms with Crippen LogP contribution in [-0.2, 0) is 9.59 Å². The molecule has 0 saturated heterocycles. The standard InChI is InChI=1S/C24H29N3O8/c1-8-11-9(26(2)3)6-7-10(28)13(11)18(29)14-12(8)19(30)16-17(27(4)5)20(31)15(23(25)34)22(33)24(16,35)21(14)32/h6-8,12,16-17,19,28,30-32,35H,1-5H3,(H2,25,34). The summed E-state index contributed by atoms with van der Waals surface area (Å²) in [4.78, 5) is 42.2. The molecule has 3 aliphatic rings. The van der Waals surface area contributed by atoms with E-state index in [4.69, 9.17) is 5.73 Å². The van der Waals surface area contributed by atoms with Gasteiger partial charge >= 0.3 is 0 Å². The highest BCUT2D eigenvalue weighted by molar-refractivity contribution is 6.25. The van der Waals surface area contributed by atoms with Crippen LogP contribution in [0.25, 0.3) is 0 Å². The van der Waals surface area contributed by atoms with Gasteiger partial charge in [0.15, 0.2) is 11.4 Å². The van der Waals surface area contributed by atoms with Crippen molar-refractivity contribution in [2.45, 2.75) is 30.6 Å². The number of phenols is 1. The summed E-state index contributed by atoms with van der Waals surface area (Å²) in [6.07, 6.45) is -1.62. The number of nitrogens with zero attached hydrogens (tertiary/aromatic N) is 2. The largest absolute Gasteiger partial charge is 0.510 e. The first-order valence-electron chi connectivity index (χ1n) is 11.1. The first-order chi connectivity index (χ1) is 16.2. The molecule has 4 rings (SSSR count). The third-order valence-electron chi connectivity index (χ3n) is 7.57. The minimum absolute atomic E-state index is 0.114. The minimum atomic E-state index is -2.92. The molecule has 1 amide bonds. The zero-order valence-electron chi connectivity index (χ0n) is 20.0. The molecule has 7 N–H and O–H groups in total. The first-order valence-corrected chi connectivity index (χ1v) is 11.1. The molecular formula is C24H29N3O8. The number of likely N-dealkylation sites (N-methyl/N-ethyl adjacent to an activating group) is 1. The lowest BCUT2D eigenvalue weighted by molar-refractivity contribution is -0.162. The van der Waals surface area contributed by atoms with Crippen LogP contribution in [0.5, 0.6) is 5.75 Å². The van der Waals surface area contributed by atoms with Crippen molar-refractivity contribution in [3.05, 3.63) is 45.9 Å². The number of aliphatic hydroxyl groups excluding tert-OH is 3. The molecule has 0 fully saturated rings. The van der Waals surface area contributed by atoms with Gasteiger partial charge in [0.05, 0.1) is 23.6 Å². The summed E-state index contributed by atoms with van der Waals surface area (Å²) < 4.78 is 0. The number of nitrogens with two attached hydrogens (primary N) is 1. The summed E-state index contributed by atoms with van der Waals surface area (Å²) in [6, 6.07) is 1.66. The van der Waals surface area contributed by atoms with E-state index in [2.05, 4.69) is 0 Å². The molecule has 0 spiro atoms.